The average Bonchev–Trinajstić information content (AvgIpc) is 2.47. The van der Waals surface area contributed by atoms with Crippen LogP contribution in [0.15, 0.2) is 16.5 Å². The zero-order chi connectivity index (χ0) is 10.6. The molecule has 1 rings (SSSR count). The number of anilines is 1. The van der Waals surface area contributed by atoms with Gasteiger partial charge in [-0.3, -0.25) is 4.79 Å². The Hall–Kier alpha value is -1.45. The highest BCUT2D eigenvalue weighted by atomic mass is 16.4. The van der Waals surface area contributed by atoms with Crippen LogP contribution in [0.5, 0.6) is 0 Å². The van der Waals surface area contributed by atoms with Crippen LogP contribution in [0.4, 0.5) is 5.88 Å². The van der Waals surface area contributed by atoms with Crippen molar-refractivity contribution in [3.63, 3.8) is 0 Å². The fourth-order valence-corrected chi connectivity index (χ4v) is 1.17. The molecular formula is C10H15NO3. The fraction of sp³-hybridized carbons (Fsp3) is 0.500. The van der Waals surface area contributed by atoms with Gasteiger partial charge in [0.15, 0.2) is 5.88 Å². The highest BCUT2D eigenvalue weighted by molar-refractivity contribution is 5.67. The molecule has 0 saturated carbocycles. The van der Waals surface area contributed by atoms with Gasteiger partial charge in [-0.15, -0.1) is 0 Å². The Morgan fingerprint density at radius 1 is 1.64 bits per heavy atom. The number of aliphatic carboxylic acids is 1. The molecule has 0 spiro atoms. The maximum absolute atomic E-state index is 10.4. The van der Waals surface area contributed by atoms with Gasteiger partial charge in [-0.05, 0) is 18.9 Å². The summed E-state index contributed by atoms with van der Waals surface area (Å²) in [6, 6.07) is 3.70. The van der Waals surface area contributed by atoms with E-state index in [1.165, 1.54) is 0 Å². The lowest BCUT2D eigenvalue weighted by molar-refractivity contribution is -0.137. The molecule has 0 aliphatic heterocycles. The van der Waals surface area contributed by atoms with Crippen molar-refractivity contribution in [2.45, 2.75) is 20.3 Å². The van der Waals surface area contributed by atoms with E-state index in [1.807, 2.05) is 26.0 Å². The van der Waals surface area contributed by atoms with Gasteiger partial charge < -0.3 is 14.8 Å². The molecule has 4 heteroatoms. The number of rotatable bonds is 5. The van der Waals surface area contributed by atoms with Crippen LogP contribution in [-0.2, 0) is 4.79 Å². The van der Waals surface area contributed by atoms with Crippen LogP contribution in [0.25, 0.3) is 0 Å². The molecule has 78 valence electrons. The highest BCUT2D eigenvalue weighted by Gasteiger charge is 2.07. The Kier molecular flexibility index (Phi) is 3.56. The van der Waals surface area contributed by atoms with Crippen molar-refractivity contribution in [1.82, 2.24) is 0 Å². The first kappa shape index (κ1) is 10.6. The third-order valence-corrected chi connectivity index (χ3v) is 1.89. The van der Waals surface area contributed by atoms with E-state index in [9.17, 15) is 4.79 Å². The van der Waals surface area contributed by atoms with Crippen LogP contribution in [0.1, 0.15) is 19.1 Å². The second kappa shape index (κ2) is 4.69. The van der Waals surface area contributed by atoms with Crippen molar-refractivity contribution in [3.05, 3.63) is 17.9 Å². The zero-order valence-electron chi connectivity index (χ0n) is 8.41. The first-order chi connectivity index (χ1) is 6.58. The van der Waals surface area contributed by atoms with Gasteiger partial charge in [0.25, 0.3) is 0 Å². The highest BCUT2D eigenvalue weighted by Crippen LogP contribution is 2.13. The van der Waals surface area contributed by atoms with E-state index in [4.69, 9.17) is 9.52 Å². The summed E-state index contributed by atoms with van der Waals surface area (Å²) in [6.45, 7) is 4.36. The van der Waals surface area contributed by atoms with E-state index in [1.54, 1.807) is 0 Å². The third-order valence-electron chi connectivity index (χ3n) is 1.89. The number of carboxylic acid groups (broad SMARTS) is 1. The van der Waals surface area contributed by atoms with Crippen molar-refractivity contribution in [2.24, 2.45) is 5.92 Å². The quantitative estimate of drug-likeness (QED) is 0.758. The number of aryl methyl sites for hydroxylation is 1. The van der Waals surface area contributed by atoms with E-state index in [2.05, 4.69) is 5.32 Å². The molecule has 0 aliphatic carbocycles. The smallest absolute Gasteiger partial charge is 0.303 e. The molecule has 0 amide bonds. The Labute approximate surface area is 82.9 Å². The lowest BCUT2D eigenvalue weighted by atomic mass is 10.1. The van der Waals surface area contributed by atoms with Gasteiger partial charge >= 0.3 is 5.97 Å². The van der Waals surface area contributed by atoms with E-state index in [0.717, 1.165) is 5.76 Å². The Bertz CT molecular complexity index is 306. The number of carboxylic acids is 1. The summed E-state index contributed by atoms with van der Waals surface area (Å²) < 4.78 is 5.28. The van der Waals surface area contributed by atoms with Crippen molar-refractivity contribution in [3.8, 4) is 0 Å². The van der Waals surface area contributed by atoms with Crippen molar-refractivity contribution in [2.75, 3.05) is 11.9 Å². The Morgan fingerprint density at radius 3 is 2.86 bits per heavy atom. The van der Waals surface area contributed by atoms with Crippen LogP contribution in [0.3, 0.4) is 0 Å². The van der Waals surface area contributed by atoms with Gasteiger partial charge in [0.05, 0.1) is 0 Å². The molecule has 1 aromatic rings. The van der Waals surface area contributed by atoms with Gasteiger partial charge in [-0.1, -0.05) is 6.92 Å². The molecule has 0 saturated heterocycles. The lowest BCUT2D eigenvalue weighted by Gasteiger charge is -2.08. The topological polar surface area (TPSA) is 62.5 Å². The molecule has 4 nitrogen and oxygen atoms in total. The number of carbonyl (C=O) groups is 1. The standard InChI is InChI=1S/C10H15NO3/c1-7(5-10(12)13)6-11-9-4-3-8(2)14-9/h3-4,7,11H,5-6H2,1-2H3,(H,12,13). The molecule has 0 bridgehead atoms. The van der Waals surface area contributed by atoms with Crippen LogP contribution >= 0.6 is 0 Å². The molecule has 0 aromatic carbocycles. The summed E-state index contributed by atoms with van der Waals surface area (Å²) in [4.78, 5) is 10.4. The fourth-order valence-electron chi connectivity index (χ4n) is 1.17. The first-order valence-corrected chi connectivity index (χ1v) is 4.60. The molecule has 0 aliphatic rings. The first-order valence-electron chi connectivity index (χ1n) is 4.60. The van der Waals surface area contributed by atoms with Crippen molar-refractivity contribution in [1.29, 1.82) is 0 Å². The Balaban J connectivity index is 2.30. The predicted molar refractivity (Wildman–Crippen MR) is 53.4 cm³/mol. The van der Waals surface area contributed by atoms with Crippen molar-refractivity contribution < 1.29 is 14.3 Å². The van der Waals surface area contributed by atoms with Gasteiger partial charge in [0.1, 0.15) is 5.76 Å². The van der Waals surface area contributed by atoms with E-state index < -0.39 is 5.97 Å². The SMILES string of the molecule is Cc1ccc(NCC(C)CC(=O)O)o1. The van der Waals surface area contributed by atoms with E-state index >= 15 is 0 Å². The number of hydrogen-bond acceptors (Lipinski definition) is 3. The zero-order valence-corrected chi connectivity index (χ0v) is 8.41. The van der Waals surface area contributed by atoms with Gasteiger partial charge in [0.2, 0.25) is 0 Å². The Morgan fingerprint density at radius 2 is 2.36 bits per heavy atom. The van der Waals surface area contributed by atoms with Crippen LogP contribution in [0, 0.1) is 12.8 Å². The normalized spacial score (nSPS) is 12.4. The molecule has 1 unspecified atom stereocenters. The van der Waals surface area contributed by atoms with E-state index in [0.29, 0.717) is 12.4 Å². The van der Waals surface area contributed by atoms with Crippen LogP contribution in [0.2, 0.25) is 0 Å². The van der Waals surface area contributed by atoms with Gasteiger partial charge in [0, 0.05) is 19.0 Å². The van der Waals surface area contributed by atoms with Gasteiger partial charge in [-0.2, -0.15) is 0 Å². The second-order valence-corrected chi connectivity index (χ2v) is 3.49. The van der Waals surface area contributed by atoms with E-state index in [-0.39, 0.29) is 12.3 Å². The summed E-state index contributed by atoms with van der Waals surface area (Å²) in [5.74, 6) is 0.867. The molecule has 1 aromatic heterocycles. The predicted octanol–water partition coefficient (Wildman–Crippen LogP) is 2.11. The average molecular weight is 197 g/mol. The van der Waals surface area contributed by atoms with Crippen LogP contribution in [-0.4, -0.2) is 17.6 Å². The largest absolute Gasteiger partial charge is 0.481 e. The minimum absolute atomic E-state index is 0.0953. The molecule has 1 heterocycles. The summed E-state index contributed by atoms with van der Waals surface area (Å²) in [5, 5.41) is 11.6. The minimum Gasteiger partial charge on any atom is -0.481 e. The number of hydrogen-bond donors (Lipinski definition) is 2. The molecular weight excluding hydrogens is 182 g/mol. The monoisotopic (exact) mass is 197 g/mol. The third kappa shape index (κ3) is 3.51. The summed E-state index contributed by atoms with van der Waals surface area (Å²) in [5.41, 5.74) is 0. The lowest BCUT2D eigenvalue weighted by Crippen LogP contribution is -2.14. The van der Waals surface area contributed by atoms with Crippen molar-refractivity contribution >= 4 is 11.9 Å². The summed E-state index contributed by atoms with van der Waals surface area (Å²) >= 11 is 0. The van der Waals surface area contributed by atoms with Crippen LogP contribution < -0.4 is 5.32 Å². The molecule has 0 radical (unpaired) electrons. The minimum atomic E-state index is -0.769. The number of furan rings is 1. The number of nitrogens with one attached hydrogen (secondary N) is 1. The molecule has 0 fully saturated rings. The summed E-state index contributed by atoms with van der Waals surface area (Å²) in [6.07, 6.45) is 0.173. The molecule has 1 atom stereocenters. The maximum atomic E-state index is 10.4. The maximum Gasteiger partial charge on any atom is 0.303 e. The molecule has 2 N–H and O–H groups in total. The second-order valence-electron chi connectivity index (χ2n) is 3.49. The summed E-state index contributed by atoms with van der Waals surface area (Å²) in [7, 11) is 0. The van der Waals surface area contributed by atoms with Gasteiger partial charge in [-0.25, -0.2) is 0 Å². The molecule has 14 heavy (non-hydrogen) atoms.